The molecule has 0 saturated heterocycles. The van der Waals surface area contributed by atoms with E-state index in [9.17, 15) is 13.2 Å². The molecule has 2 N–H and O–H groups in total. The lowest BCUT2D eigenvalue weighted by atomic mass is 10.1. The zero-order valence-electron chi connectivity index (χ0n) is 17.7. The van der Waals surface area contributed by atoms with Gasteiger partial charge in [-0.25, -0.2) is 4.99 Å². The van der Waals surface area contributed by atoms with Gasteiger partial charge in [-0.1, -0.05) is 24.3 Å². The van der Waals surface area contributed by atoms with Gasteiger partial charge in [-0.2, -0.15) is 13.2 Å². The molecule has 176 valence electrons. The summed E-state index contributed by atoms with van der Waals surface area (Å²) >= 11 is 0. The molecule has 0 radical (unpaired) electrons. The first-order chi connectivity index (χ1) is 14.9. The van der Waals surface area contributed by atoms with Crippen molar-refractivity contribution in [3.05, 3.63) is 53.6 Å². The molecule has 3 rings (SSSR count). The fourth-order valence-corrected chi connectivity index (χ4v) is 2.88. The van der Waals surface area contributed by atoms with Crippen molar-refractivity contribution < 1.29 is 27.4 Å². The van der Waals surface area contributed by atoms with Crippen molar-refractivity contribution in [2.45, 2.75) is 32.7 Å². The first kappa shape index (κ1) is 26.0. The predicted molar refractivity (Wildman–Crippen MR) is 128 cm³/mol. The van der Waals surface area contributed by atoms with Gasteiger partial charge in [-0.3, -0.25) is 0 Å². The normalized spacial score (nSPS) is 13.7. The number of hydrogen-bond acceptors (Lipinski definition) is 4. The Bertz CT molecular complexity index is 877. The highest BCUT2D eigenvalue weighted by atomic mass is 127. The third kappa shape index (κ3) is 8.73. The van der Waals surface area contributed by atoms with Crippen molar-refractivity contribution in [1.29, 1.82) is 0 Å². The van der Waals surface area contributed by atoms with Crippen LogP contribution in [0.3, 0.4) is 0 Å². The van der Waals surface area contributed by atoms with Crippen molar-refractivity contribution in [3.63, 3.8) is 0 Å². The van der Waals surface area contributed by atoms with Crippen LogP contribution in [0.5, 0.6) is 11.5 Å². The van der Waals surface area contributed by atoms with Crippen LogP contribution in [-0.2, 0) is 17.9 Å². The van der Waals surface area contributed by atoms with Gasteiger partial charge in [0.25, 0.3) is 0 Å². The minimum absolute atomic E-state index is 0. The van der Waals surface area contributed by atoms with E-state index in [0.29, 0.717) is 43.6 Å². The minimum Gasteiger partial charge on any atom is -0.490 e. The fourth-order valence-electron chi connectivity index (χ4n) is 2.88. The monoisotopic (exact) mass is 565 g/mol. The second-order valence-corrected chi connectivity index (χ2v) is 6.96. The summed E-state index contributed by atoms with van der Waals surface area (Å²) in [4.78, 5) is 4.58. The van der Waals surface area contributed by atoms with Crippen LogP contribution in [0.1, 0.15) is 24.5 Å². The molecule has 0 aliphatic carbocycles. The van der Waals surface area contributed by atoms with Crippen molar-refractivity contribution >= 4 is 35.6 Å². The lowest BCUT2D eigenvalue weighted by Gasteiger charge is -2.14. The summed E-state index contributed by atoms with van der Waals surface area (Å²) in [6, 6.07) is 12.8. The highest BCUT2D eigenvalue weighted by Gasteiger charge is 2.27. The van der Waals surface area contributed by atoms with Gasteiger partial charge in [-0.05, 0) is 30.2 Å². The van der Waals surface area contributed by atoms with Gasteiger partial charge in [0.2, 0.25) is 0 Å². The maximum absolute atomic E-state index is 12.2. The molecule has 1 heterocycles. The van der Waals surface area contributed by atoms with Gasteiger partial charge < -0.3 is 24.8 Å². The summed E-state index contributed by atoms with van der Waals surface area (Å²) in [7, 11) is 0. The number of nitrogens with zero attached hydrogens (tertiary/aromatic N) is 1. The molecular weight excluding hydrogens is 538 g/mol. The molecule has 2 aromatic rings. The second kappa shape index (κ2) is 12.7. The summed E-state index contributed by atoms with van der Waals surface area (Å²) in [5.74, 6) is 2.03. The van der Waals surface area contributed by atoms with Crippen molar-refractivity contribution in [3.8, 4) is 11.5 Å². The number of alkyl halides is 3. The number of anilines is 1. The van der Waals surface area contributed by atoms with E-state index in [1.807, 2.05) is 37.3 Å². The number of hydrogen-bond donors (Lipinski definition) is 2. The second-order valence-electron chi connectivity index (χ2n) is 6.96. The zero-order valence-corrected chi connectivity index (χ0v) is 20.0. The predicted octanol–water partition coefficient (Wildman–Crippen LogP) is 5.12. The van der Waals surface area contributed by atoms with Crippen LogP contribution in [0.2, 0.25) is 0 Å². The number of nitrogens with one attached hydrogen (secondary N) is 2. The first-order valence-electron chi connectivity index (χ1n) is 10.1. The zero-order chi connectivity index (χ0) is 22.1. The number of halogens is 4. The van der Waals surface area contributed by atoms with Crippen molar-refractivity contribution in [1.82, 2.24) is 5.32 Å². The Kier molecular flexibility index (Phi) is 10.4. The van der Waals surface area contributed by atoms with E-state index < -0.39 is 12.8 Å². The molecule has 1 aliphatic heterocycles. The van der Waals surface area contributed by atoms with Gasteiger partial charge in [0.15, 0.2) is 17.5 Å². The molecule has 10 heteroatoms. The van der Waals surface area contributed by atoms with E-state index in [4.69, 9.17) is 9.47 Å². The molecule has 32 heavy (non-hydrogen) atoms. The molecule has 0 atom stereocenters. The van der Waals surface area contributed by atoms with Crippen LogP contribution in [0.25, 0.3) is 0 Å². The summed E-state index contributed by atoms with van der Waals surface area (Å²) in [6.45, 7) is 2.98. The standard InChI is InChI=1S/C22H26F3N3O3.HI/c1-2-26-21(28-18-8-9-19-20(12-18)31-11-3-10-30-19)27-13-16-4-6-17(7-5-16)14-29-15-22(23,24)25;/h4-9,12H,2-3,10-11,13-15H2,1H3,(H2,26,27,28);1H. The Labute approximate surface area is 202 Å². The minimum atomic E-state index is -4.32. The van der Waals surface area contributed by atoms with Crippen LogP contribution in [0.15, 0.2) is 47.5 Å². The maximum atomic E-state index is 12.2. The van der Waals surface area contributed by atoms with Gasteiger partial charge in [-0.15, -0.1) is 24.0 Å². The Balaban J connectivity index is 0.00000363. The SMILES string of the molecule is CCNC(=NCc1ccc(COCC(F)(F)F)cc1)Nc1ccc2c(c1)OCCCO2.I. The summed E-state index contributed by atoms with van der Waals surface area (Å²) in [6.07, 6.45) is -3.48. The van der Waals surface area contributed by atoms with Crippen LogP contribution in [-0.4, -0.2) is 38.5 Å². The fraction of sp³-hybridized carbons (Fsp3) is 0.409. The Morgan fingerprint density at radius 2 is 1.72 bits per heavy atom. The highest BCUT2D eigenvalue weighted by molar-refractivity contribution is 14.0. The highest BCUT2D eigenvalue weighted by Crippen LogP contribution is 2.32. The average Bonchev–Trinajstić information content (AvgIpc) is 2.97. The molecule has 6 nitrogen and oxygen atoms in total. The lowest BCUT2D eigenvalue weighted by Crippen LogP contribution is -2.30. The van der Waals surface area contributed by atoms with Gasteiger partial charge >= 0.3 is 6.18 Å². The molecule has 1 aliphatic rings. The van der Waals surface area contributed by atoms with Gasteiger partial charge in [0, 0.05) is 24.7 Å². The van der Waals surface area contributed by atoms with Gasteiger partial charge in [0.05, 0.1) is 26.4 Å². The van der Waals surface area contributed by atoms with Gasteiger partial charge in [0.1, 0.15) is 6.61 Å². The van der Waals surface area contributed by atoms with Crippen LogP contribution >= 0.6 is 24.0 Å². The molecule has 0 fully saturated rings. The summed E-state index contributed by atoms with van der Waals surface area (Å²) < 4.78 is 52.5. The lowest BCUT2D eigenvalue weighted by molar-refractivity contribution is -0.176. The van der Waals surface area contributed by atoms with Crippen LogP contribution < -0.4 is 20.1 Å². The smallest absolute Gasteiger partial charge is 0.411 e. The maximum Gasteiger partial charge on any atom is 0.411 e. The van der Waals surface area contributed by atoms with E-state index >= 15 is 0 Å². The van der Waals surface area contributed by atoms with Crippen LogP contribution in [0.4, 0.5) is 18.9 Å². The number of fused-ring (bicyclic) bond motifs is 1. The molecule has 2 aromatic carbocycles. The molecule has 0 saturated carbocycles. The van der Waals surface area contributed by atoms with E-state index in [1.165, 1.54) is 0 Å². The molecule has 0 bridgehead atoms. The largest absolute Gasteiger partial charge is 0.490 e. The Morgan fingerprint density at radius 1 is 1.03 bits per heavy atom. The number of ether oxygens (including phenoxy) is 3. The van der Waals surface area contributed by atoms with E-state index in [-0.39, 0.29) is 30.6 Å². The third-order valence-corrected chi connectivity index (χ3v) is 4.33. The van der Waals surface area contributed by atoms with Crippen molar-refractivity contribution in [2.24, 2.45) is 4.99 Å². The third-order valence-electron chi connectivity index (χ3n) is 4.33. The molecule has 0 spiro atoms. The number of guanidine groups is 1. The summed E-state index contributed by atoms with van der Waals surface area (Å²) in [5.41, 5.74) is 2.42. The molecule has 0 aromatic heterocycles. The molecular formula is C22H27F3IN3O3. The molecule has 0 amide bonds. The molecule has 0 unspecified atom stereocenters. The number of rotatable bonds is 7. The van der Waals surface area contributed by atoms with E-state index in [0.717, 1.165) is 23.4 Å². The quantitative estimate of drug-likeness (QED) is 0.277. The topological polar surface area (TPSA) is 64.1 Å². The van der Waals surface area contributed by atoms with Crippen molar-refractivity contribution in [2.75, 3.05) is 31.7 Å². The Morgan fingerprint density at radius 3 is 2.41 bits per heavy atom. The van der Waals surface area contributed by atoms with Crippen LogP contribution in [0, 0.1) is 0 Å². The number of benzene rings is 2. The summed E-state index contributed by atoms with van der Waals surface area (Å²) in [5, 5.41) is 6.44. The first-order valence-corrected chi connectivity index (χ1v) is 10.1. The van der Waals surface area contributed by atoms with E-state index in [2.05, 4.69) is 20.4 Å². The van der Waals surface area contributed by atoms with E-state index in [1.54, 1.807) is 12.1 Å². The Hall–Kier alpha value is -2.21. The average molecular weight is 565 g/mol. The number of aliphatic imine (C=N–C) groups is 1.